The van der Waals surface area contributed by atoms with E-state index in [9.17, 15) is 23.1 Å². The molecule has 1 heterocycles. The minimum Gasteiger partial charge on any atom is -0.475 e. The molecule has 124 valence electrons. The van der Waals surface area contributed by atoms with E-state index >= 15 is 0 Å². The first-order chi connectivity index (χ1) is 9.45. The third-order valence-electron chi connectivity index (χ3n) is 2.81. The van der Waals surface area contributed by atoms with Crippen molar-refractivity contribution in [2.24, 2.45) is 5.92 Å². The van der Waals surface area contributed by atoms with Gasteiger partial charge in [-0.1, -0.05) is 0 Å². The van der Waals surface area contributed by atoms with Crippen molar-refractivity contribution in [3.05, 3.63) is 0 Å². The van der Waals surface area contributed by atoms with E-state index < -0.39 is 18.2 Å². The molecule has 1 aliphatic rings. The van der Waals surface area contributed by atoms with E-state index in [1.54, 1.807) is 0 Å². The number of carboxylic acids is 1. The Hall–Kier alpha value is -1.55. The van der Waals surface area contributed by atoms with Gasteiger partial charge in [-0.2, -0.15) is 13.2 Å². The first kappa shape index (κ1) is 19.4. The molecule has 0 bridgehead atoms. The van der Waals surface area contributed by atoms with Gasteiger partial charge in [0.1, 0.15) is 0 Å². The van der Waals surface area contributed by atoms with E-state index in [0.29, 0.717) is 19.5 Å². The molecule has 0 aromatic heterocycles. The summed E-state index contributed by atoms with van der Waals surface area (Å²) >= 11 is 0. The van der Waals surface area contributed by atoms with Crippen molar-refractivity contribution in [1.82, 2.24) is 9.80 Å². The first-order valence-corrected chi connectivity index (χ1v) is 6.06. The number of amides is 1. The molecule has 10 heteroatoms. The minimum atomic E-state index is -5.08. The second-order valence-electron chi connectivity index (χ2n) is 4.91. The van der Waals surface area contributed by atoms with E-state index in [0.717, 1.165) is 6.54 Å². The summed E-state index contributed by atoms with van der Waals surface area (Å²) in [6, 6.07) is 0. The van der Waals surface area contributed by atoms with Crippen molar-refractivity contribution in [3.63, 3.8) is 0 Å². The summed E-state index contributed by atoms with van der Waals surface area (Å²) in [6.45, 7) is 1.61. The average Bonchev–Trinajstić information content (AvgIpc) is 2.30. The molecule has 0 radical (unpaired) electrons. The van der Waals surface area contributed by atoms with Crippen LogP contribution in [-0.4, -0.2) is 83.2 Å². The zero-order valence-electron chi connectivity index (χ0n) is 11.7. The van der Waals surface area contributed by atoms with Crippen LogP contribution in [-0.2, 0) is 4.79 Å². The first-order valence-electron chi connectivity index (χ1n) is 6.06. The largest absolute Gasteiger partial charge is 0.490 e. The van der Waals surface area contributed by atoms with Crippen LogP contribution in [0.2, 0.25) is 0 Å². The smallest absolute Gasteiger partial charge is 0.475 e. The highest BCUT2D eigenvalue weighted by Crippen LogP contribution is 2.17. The summed E-state index contributed by atoms with van der Waals surface area (Å²) < 4.78 is 31.7. The molecule has 1 saturated heterocycles. The van der Waals surface area contributed by atoms with Crippen LogP contribution >= 0.6 is 0 Å². The standard InChI is InChI=1S/C9H18N2O3.C2HF3O2/c1-10(2)5-7-6-11(9(13)14)4-3-8(7)12;3-2(4,5)1(6)7/h7-8,12H,3-6H2,1-2H3,(H,13,14);(H,6,7). The van der Waals surface area contributed by atoms with Gasteiger partial charge in [0.15, 0.2) is 0 Å². The lowest BCUT2D eigenvalue weighted by Gasteiger charge is -2.35. The molecule has 0 aromatic carbocycles. The molecule has 1 amide bonds. The summed E-state index contributed by atoms with van der Waals surface area (Å²) in [6.07, 6.45) is -5.79. The van der Waals surface area contributed by atoms with Crippen LogP contribution in [0.15, 0.2) is 0 Å². The summed E-state index contributed by atoms with van der Waals surface area (Å²) in [7, 11) is 3.85. The van der Waals surface area contributed by atoms with Crippen molar-refractivity contribution in [3.8, 4) is 0 Å². The maximum Gasteiger partial charge on any atom is 0.490 e. The number of carboxylic acid groups (broad SMARTS) is 2. The molecular weight excluding hydrogens is 297 g/mol. The fraction of sp³-hybridized carbons (Fsp3) is 0.818. The SMILES string of the molecule is CN(C)CC1CN(C(=O)O)CCC1O.O=C(O)C(F)(F)F. The zero-order valence-corrected chi connectivity index (χ0v) is 11.7. The number of rotatable bonds is 2. The van der Waals surface area contributed by atoms with Crippen molar-refractivity contribution in [1.29, 1.82) is 0 Å². The van der Waals surface area contributed by atoms with Gasteiger partial charge in [-0.25, -0.2) is 9.59 Å². The van der Waals surface area contributed by atoms with Crippen LogP contribution in [0.1, 0.15) is 6.42 Å². The molecule has 2 atom stereocenters. The molecule has 21 heavy (non-hydrogen) atoms. The summed E-state index contributed by atoms with van der Waals surface area (Å²) in [5, 5.41) is 25.6. The Bertz CT molecular complexity index is 362. The van der Waals surface area contributed by atoms with Gasteiger partial charge in [0.25, 0.3) is 0 Å². The number of aliphatic hydroxyl groups is 1. The predicted octanol–water partition coefficient (Wildman–Crippen LogP) is 0.542. The summed E-state index contributed by atoms with van der Waals surface area (Å²) in [5.74, 6) is -2.72. The van der Waals surface area contributed by atoms with Gasteiger partial charge < -0.3 is 25.1 Å². The second-order valence-corrected chi connectivity index (χ2v) is 4.91. The zero-order chi connectivity index (χ0) is 16.8. The number of carbonyl (C=O) groups is 2. The molecule has 1 aliphatic heterocycles. The van der Waals surface area contributed by atoms with Gasteiger partial charge in [0, 0.05) is 25.6 Å². The third kappa shape index (κ3) is 7.71. The average molecular weight is 316 g/mol. The van der Waals surface area contributed by atoms with Crippen LogP contribution in [0.25, 0.3) is 0 Å². The van der Waals surface area contributed by atoms with E-state index in [-0.39, 0.29) is 12.0 Å². The van der Waals surface area contributed by atoms with Crippen molar-refractivity contribution in [2.45, 2.75) is 18.7 Å². The molecule has 0 aliphatic carbocycles. The fourth-order valence-electron chi connectivity index (χ4n) is 1.84. The van der Waals surface area contributed by atoms with E-state index in [4.69, 9.17) is 15.0 Å². The number of hydrogen-bond donors (Lipinski definition) is 3. The lowest BCUT2D eigenvalue weighted by Crippen LogP contribution is -2.48. The third-order valence-corrected chi connectivity index (χ3v) is 2.81. The quantitative estimate of drug-likeness (QED) is 0.687. The second kappa shape index (κ2) is 8.03. The monoisotopic (exact) mass is 316 g/mol. The van der Waals surface area contributed by atoms with E-state index in [1.807, 2.05) is 19.0 Å². The highest BCUT2D eigenvalue weighted by atomic mass is 19.4. The van der Waals surface area contributed by atoms with Gasteiger partial charge in [-0.15, -0.1) is 0 Å². The molecule has 3 N–H and O–H groups in total. The molecule has 0 spiro atoms. The Kier molecular flexibility index (Phi) is 7.44. The number of aliphatic hydroxyl groups excluding tert-OH is 1. The van der Waals surface area contributed by atoms with E-state index in [1.165, 1.54) is 4.90 Å². The normalized spacial score (nSPS) is 22.5. The lowest BCUT2D eigenvalue weighted by molar-refractivity contribution is -0.192. The number of likely N-dealkylation sites (tertiary alicyclic amines) is 1. The minimum absolute atomic E-state index is 0.0369. The van der Waals surface area contributed by atoms with Gasteiger partial charge >= 0.3 is 18.2 Å². The fourth-order valence-corrected chi connectivity index (χ4v) is 1.84. The molecule has 1 rings (SSSR count). The molecule has 0 aromatic rings. The number of aliphatic carboxylic acids is 1. The molecule has 7 nitrogen and oxygen atoms in total. The summed E-state index contributed by atoms with van der Waals surface area (Å²) in [5.41, 5.74) is 0. The number of nitrogens with zero attached hydrogens (tertiary/aromatic N) is 2. The van der Waals surface area contributed by atoms with E-state index in [2.05, 4.69) is 0 Å². The highest BCUT2D eigenvalue weighted by molar-refractivity contribution is 5.73. The van der Waals surface area contributed by atoms with Gasteiger partial charge in [0.2, 0.25) is 0 Å². The van der Waals surface area contributed by atoms with Crippen LogP contribution in [0.4, 0.5) is 18.0 Å². The number of alkyl halides is 3. The maximum absolute atomic E-state index is 10.7. The van der Waals surface area contributed by atoms with Crippen molar-refractivity contribution >= 4 is 12.1 Å². The van der Waals surface area contributed by atoms with Gasteiger partial charge in [-0.05, 0) is 20.5 Å². The van der Waals surface area contributed by atoms with Gasteiger partial charge in [-0.3, -0.25) is 0 Å². The van der Waals surface area contributed by atoms with Gasteiger partial charge in [0.05, 0.1) is 6.10 Å². The number of hydrogen-bond acceptors (Lipinski definition) is 4. The van der Waals surface area contributed by atoms with Crippen LogP contribution in [0, 0.1) is 5.92 Å². The maximum atomic E-state index is 10.7. The molecule has 0 saturated carbocycles. The van der Waals surface area contributed by atoms with Crippen LogP contribution < -0.4 is 0 Å². The van der Waals surface area contributed by atoms with Crippen molar-refractivity contribution < 1.29 is 38.1 Å². The Morgan fingerprint density at radius 1 is 1.29 bits per heavy atom. The topological polar surface area (TPSA) is 101 Å². The van der Waals surface area contributed by atoms with Crippen LogP contribution in [0.5, 0.6) is 0 Å². The number of halogens is 3. The number of piperidine rings is 1. The lowest BCUT2D eigenvalue weighted by atomic mass is 9.94. The Labute approximate surface area is 119 Å². The molecule has 2 unspecified atom stereocenters. The molecular formula is C11H19F3N2O5. The van der Waals surface area contributed by atoms with Crippen molar-refractivity contribution in [2.75, 3.05) is 33.7 Å². The Morgan fingerprint density at radius 3 is 2.10 bits per heavy atom. The Morgan fingerprint density at radius 2 is 1.76 bits per heavy atom. The summed E-state index contributed by atoms with van der Waals surface area (Å²) in [4.78, 5) is 23.0. The Balaban J connectivity index is 0.000000486. The van der Waals surface area contributed by atoms with Crippen LogP contribution in [0.3, 0.4) is 0 Å². The molecule has 1 fully saturated rings. The highest BCUT2D eigenvalue weighted by Gasteiger charge is 2.38. The predicted molar refractivity (Wildman–Crippen MR) is 66.0 cm³/mol.